The van der Waals surface area contributed by atoms with E-state index < -0.39 is 10.2 Å². The number of hydrogen-bond donors (Lipinski definition) is 0. The van der Waals surface area contributed by atoms with Crippen LogP contribution in [0.4, 0.5) is 0 Å². The summed E-state index contributed by atoms with van der Waals surface area (Å²) in [6, 6.07) is 0. The second kappa shape index (κ2) is 5.90. The molecule has 0 aliphatic carbocycles. The molecule has 6 heteroatoms. The molecule has 0 aromatic heterocycles. The summed E-state index contributed by atoms with van der Waals surface area (Å²) in [5.41, 5.74) is 1.34. The van der Waals surface area contributed by atoms with Gasteiger partial charge in [-0.25, -0.2) is 23.2 Å². The van der Waals surface area contributed by atoms with Gasteiger partial charge in [-0.3, -0.25) is 0 Å². The monoisotopic (exact) mass is 221 g/mol. The molecule has 0 spiro atoms. The van der Waals surface area contributed by atoms with Crippen molar-refractivity contribution in [1.29, 1.82) is 0 Å². The Hall–Kier alpha value is -0.720. The van der Waals surface area contributed by atoms with Gasteiger partial charge in [0.1, 0.15) is 13.6 Å². The van der Waals surface area contributed by atoms with Crippen LogP contribution in [0.5, 0.6) is 0 Å². The van der Waals surface area contributed by atoms with Crippen LogP contribution in [0, 0.1) is 10.2 Å². The minimum absolute atomic E-state index is 1.12. The lowest BCUT2D eigenvalue weighted by atomic mass is 10.1. The van der Waals surface area contributed by atoms with Crippen molar-refractivity contribution in [2.24, 2.45) is 0 Å². The standard InChI is InChI=1S/C8H12N.ClHO4/c1-3-8-4-6-9(2)7-5-8;2-1(3,4)5/h3-4,6H,1,5,7H2,2H3;(H,2,3,4,5)/q+1;/p-1. The van der Waals surface area contributed by atoms with Crippen LogP contribution in [0.1, 0.15) is 6.42 Å². The van der Waals surface area contributed by atoms with E-state index in [-0.39, 0.29) is 0 Å². The summed E-state index contributed by atoms with van der Waals surface area (Å²) in [6.07, 6.45) is 7.25. The van der Waals surface area contributed by atoms with E-state index in [2.05, 4.69) is 30.5 Å². The van der Waals surface area contributed by atoms with E-state index >= 15 is 0 Å². The molecule has 0 aromatic carbocycles. The second-order valence-electron chi connectivity index (χ2n) is 2.70. The maximum absolute atomic E-state index is 8.49. The van der Waals surface area contributed by atoms with Gasteiger partial charge in [-0.05, 0) is 5.57 Å². The molecule has 0 saturated carbocycles. The molecule has 0 atom stereocenters. The first-order chi connectivity index (χ1) is 6.33. The van der Waals surface area contributed by atoms with Gasteiger partial charge in [0.2, 0.25) is 0 Å². The smallest absolute Gasteiger partial charge is 0.163 e. The lowest BCUT2D eigenvalue weighted by Gasteiger charge is -2.17. The maximum atomic E-state index is 8.49. The third-order valence-electron chi connectivity index (χ3n) is 1.56. The van der Waals surface area contributed by atoms with Crippen LogP contribution in [-0.4, -0.2) is 24.4 Å². The van der Waals surface area contributed by atoms with Crippen molar-refractivity contribution in [1.82, 2.24) is 0 Å². The van der Waals surface area contributed by atoms with Crippen LogP contribution in [0.15, 0.2) is 24.3 Å². The molecule has 0 N–H and O–H groups in total. The predicted molar refractivity (Wildman–Crippen MR) is 40.0 cm³/mol. The molecular formula is C8H12ClNO4. The summed E-state index contributed by atoms with van der Waals surface area (Å²) in [6.45, 7) is 4.83. The van der Waals surface area contributed by atoms with Crippen molar-refractivity contribution in [3.63, 3.8) is 0 Å². The third-order valence-corrected chi connectivity index (χ3v) is 1.56. The van der Waals surface area contributed by atoms with E-state index in [0.29, 0.717) is 0 Å². The van der Waals surface area contributed by atoms with E-state index in [0.717, 1.165) is 13.0 Å². The number of nitrogens with zero attached hydrogens (tertiary/aromatic N) is 1. The quantitative estimate of drug-likeness (QED) is 0.429. The molecule has 0 saturated heterocycles. The van der Waals surface area contributed by atoms with Gasteiger partial charge < -0.3 is 0 Å². The molecule has 80 valence electrons. The zero-order valence-electron chi connectivity index (χ0n) is 7.81. The molecule has 1 aliphatic heterocycles. The highest BCUT2D eigenvalue weighted by atomic mass is 35.7. The Bertz CT molecular complexity index is 249. The average molecular weight is 222 g/mol. The Morgan fingerprint density at radius 2 is 1.93 bits per heavy atom. The van der Waals surface area contributed by atoms with Crippen LogP contribution in [-0.2, 0) is 0 Å². The van der Waals surface area contributed by atoms with Gasteiger partial charge in [0.25, 0.3) is 0 Å². The molecule has 0 unspecified atom stereocenters. The first-order valence-corrected chi connectivity index (χ1v) is 5.05. The van der Waals surface area contributed by atoms with Crippen LogP contribution in [0.2, 0.25) is 0 Å². The molecule has 0 amide bonds. The minimum atomic E-state index is -4.94. The molecule has 0 fully saturated rings. The summed E-state index contributed by atoms with van der Waals surface area (Å²) in [4.78, 5) is 0. The molecule has 14 heavy (non-hydrogen) atoms. The Morgan fingerprint density at radius 3 is 2.21 bits per heavy atom. The van der Waals surface area contributed by atoms with Crippen LogP contribution >= 0.6 is 0 Å². The van der Waals surface area contributed by atoms with Crippen molar-refractivity contribution in [3.8, 4) is 0 Å². The van der Waals surface area contributed by atoms with E-state index in [4.69, 9.17) is 18.6 Å². The molecular weight excluding hydrogens is 210 g/mol. The summed E-state index contributed by atoms with van der Waals surface area (Å²) >= 11 is 0. The minimum Gasteiger partial charge on any atom is -0.238 e. The van der Waals surface area contributed by atoms with Crippen LogP contribution < -0.4 is 18.6 Å². The topological polar surface area (TPSA) is 95.2 Å². The fourth-order valence-electron chi connectivity index (χ4n) is 0.856. The van der Waals surface area contributed by atoms with Gasteiger partial charge in [-0.2, -0.15) is 0 Å². The Morgan fingerprint density at radius 1 is 1.43 bits per heavy atom. The van der Waals surface area contributed by atoms with Gasteiger partial charge in [-0.15, -0.1) is 10.2 Å². The average Bonchev–Trinajstić information content (AvgIpc) is 2.03. The zero-order valence-corrected chi connectivity index (χ0v) is 8.57. The molecule has 5 nitrogen and oxygen atoms in total. The third kappa shape index (κ3) is 9.37. The predicted octanol–water partition coefficient (Wildman–Crippen LogP) is -3.54. The highest BCUT2D eigenvalue weighted by Gasteiger charge is 2.02. The van der Waals surface area contributed by atoms with Gasteiger partial charge in [0.05, 0.1) is 0 Å². The number of hydrogen-bond acceptors (Lipinski definition) is 4. The molecule has 1 aliphatic rings. The lowest BCUT2D eigenvalue weighted by Crippen LogP contribution is -2.68. The Balaban J connectivity index is 0.000000292. The fourth-order valence-corrected chi connectivity index (χ4v) is 0.856. The van der Waals surface area contributed by atoms with E-state index in [1.807, 2.05) is 6.08 Å². The summed E-state index contributed by atoms with van der Waals surface area (Å²) in [5.74, 6) is 0. The normalized spacial score (nSPS) is 16.1. The van der Waals surface area contributed by atoms with Gasteiger partial charge in [-0.1, -0.05) is 12.7 Å². The number of rotatable bonds is 1. The van der Waals surface area contributed by atoms with E-state index in [9.17, 15) is 0 Å². The van der Waals surface area contributed by atoms with Crippen LogP contribution in [0.25, 0.3) is 0 Å². The van der Waals surface area contributed by atoms with E-state index in [1.54, 1.807) is 0 Å². The van der Waals surface area contributed by atoms with Gasteiger partial charge in [0, 0.05) is 12.5 Å². The van der Waals surface area contributed by atoms with Crippen molar-refractivity contribution < 1.29 is 33.5 Å². The zero-order chi connectivity index (χ0) is 11.2. The summed E-state index contributed by atoms with van der Waals surface area (Å²) in [5, 5.41) is 0. The van der Waals surface area contributed by atoms with Gasteiger partial charge >= 0.3 is 0 Å². The Kier molecular flexibility index (Phi) is 5.59. The Labute approximate surface area is 84.7 Å². The van der Waals surface area contributed by atoms with Crippen molar-refractivity contribution >= 4 is 6.21 Å². The second-order valence-corrected chi connectivity index (χ2v) is 3.46. The summed E-state index contributed by atoms with van der Waals surface area (Å²) in [7, 11) is -2.86. The first-order valence-electron chi connectivity index (χ1n) is 3.81. The first kappa shape index (κ1) is 13.3. The van der Waals surface area contributed by atoms with Gasteiger partial charge in [0.15, 0.2) is 6.21 Å². The van der Waals surface area contributed by atoms with Crippen molar-refractivity contribution in [3.05, 3.63) is 24.3 Å². The molecule has 0 aromatic rings. The molecule has 0 radical (unpaired) electrons. The molecule has 1 heterocycles. The molecule has 1 rings (SSSR count). The fraction of sp³-hybridized carbons (Fsp3) is 0.375. The van der Waals surface area contributed by atoms with Crippen LogP contribution in [0.3, 0.4) is 0 Å². The largest absolute Gasteiger partial charge is 0.238 e. The lowest BCUT2D eigenvalue weighted by molar-refractivity contribution is -2.00. The number of allylic oxidation sites excluding steroid dienone is 2. The maximum Gasteiger partial charge on any atom is 0.163 e. The SMILES string of the molecule is C=CC1=CC=[N+](C)CC1.[O-][Cl+3]([O-])([O-])[O-]. The highest BCUT2D eigenvalue weighted by molar-refractivity contribution is 5.69. The number of halogens is 1. The van der Waals surface area contributed by atoms with E-state index in [1.165, 1.54) is 5.57 Å². The highest BCUT2D eigenvalue weighted by Crippen LogP contribution is 2.03. The van der Waals surface area contributed by atoms with Crippen molar-refractivity contribution in [2.45, 2.75) is 6.42 Å². The molecule has 0 bridgehead atoms. The summed E-state index contributed by atoms with van der Waals surface area (Å²) < 4.78 is 36.1. The van der Waals surface area contributed by atoms with Crippen molar-refractivity contribution in [2.75, 3.05) is 13.6 Å².